The second-order valence-corrected chi connectivity index (χ2v) is 9.30. The number of Topliss-reactive ketones (excluding diaryl/α,β-unsaturated/α-hetero) is 1. The Morgan fingerprint density at radius 2 is 1.41 bits per heavy atom. The zero-order valence-electron chi connectivity index (χ0n) is 19.7. The third kappa shape index (κ3) is 8.44. The molecule has 0 unspecified atom stereocenters. The standard InChI is InChI=1S/C28H31Cl2NO3/c1-31(17-3-4-21-5-15-27(16-6-21)34-20-26(32)19-33-2)18-28(22-7-11-24(29)12-8-22)23-9-13-25(30)14-10-23/h5-16,28H,3-4,17-20H2,1-2H3. The van der Waals surface area contributed by atoms with E-state index in [0.29, 0.717) is 5.75 Å². The number of hydrogen-bond acceptors (Lipinski definition) is 4. The maximum absolute atomic E-state index is 11.5. The van der Waals surface area contributed by atoms with Crippen LogP contribution in [0.3, 0.4) is 0 Å². The van der Waals surface area contributed by atoms with Crippen LogP contribution in [0.5, 0.6) is 5.75 Å². The van der Waals surface area contributed by atoms with Crippen LogP contribution >= 0.6 is 23.2 Å². The van der Waals surface area contributed by atoms with E-state index >= 15 is 0 Å². The quantitative estimate of drug-likeness (QED) is 0.277. The molecule has 0 fully saturated rings. The number of carbonyl (C=O) groups excluding carboxylic acids is 1. The lowest BCUT2D eigenvalue weighted by molar-refractivity contribution is -0.124. The summed E-state index contributed by atoms with van der Waals surface area (Å²) in [5, 5.41) is 1.48. The van der Waals surface area contributed by atoms with Crippen LogP contribution < -0.4 is 4.74 Å². The van der Waals surface area contributed by atoms with E-state index in [4.69, 9.17) is 32.7 Å². The van der Waals surface area contributed by atoms with Crippen LogP contribution in [0.25, 0.3) is 0 Å². The van der Waals surface area contributed by atoms with Crippen molar-refractivity contribution in [2.24, 2.45) is 0 Å². The van der Waals surface area contributed by atoms with Crippen LogP contribution in [0.2, 0.25) is 10.0 Å². The smallest absolute Gasteiger partial charge is 0.195 e. The maximum Gasteiger partial charge on any atom is 0.195 e. The zero-order valence-corrected chi connectivity index (χ0v) is 21.2. The van der Waals surface area contributed by atoms with Crippen molar-refractivity contribution in [1.82, 2.24) is 4.90 Å². The summed E-state index contributed by atoms with van der Waals surface area (Å²) in [6, 6.07) is 24.1. The van der Waals surface area contributed by atoms with Crippen LogP contribution in [0, 0.1) is 0 Å². The van der Waals surface area contributed by atoms with Crippen molar-refractivity contribution in [1.29, 1.82) is 0 Å². The first-order valence-corrected chi connectivity index (χ1v) is 12.1. The molecule has 0 spiro atoms. The lowest BCUT2D eigenvalue weighted by atomic mass is 9.91. The predicted octanol–water partition coefficient (Wildman–Crippen LogP) is 6.28. The molecule has 4 nitrogen and oxygen atoms in total. The largest absolute Gasteiger partial charge is 0.486 e. The van der Waals surface area contributed by atoms with E-state index in [0.717, 1.165) is 36.0 Å². The number of halogens is 2. The first kappa shape index (κ1) is 26.2. The Kier molecular flexibility index (Phi) is 10.4. The van der Waals surface area contributed by atoms with Gasteiger partial charge in [-0.2, -0.15) is 0 Å². The highest BCUT2D eigenvalue weighted by atomic mass is 35.5. The molecule has 0 amide bonds. The van der Waals surface area contributed by atoms with E-state index in [2.05, 4.69) is 48.3 Å². The van der Waals surface area contributed by atoms with E-state index in [-0.39, 0.29) is 24.9 Å². The van der Waals surface area contributed by atoms with Crippen LogP contribution in [-0.2, 0) is 16.0 Å². The molecule has 3 aromatic rings. The van der Waals surface area contributed by atoms with Gasteiger partial charge in [0.25, 0.3) is 0 Å². The molecule has 0 heterocycles. The number of likely N-dealkylation sites (N-methyl/N-ethyl adjacent to an activating group) is 1. The summed E-state index contributed by atoms with van der Waals surface area (Å²) < 4.78 is 10.3. The van der Waals surface area contributed by atoms with Crippen LogP contribution in [0.15, 0.2) is 72.8 Å². The number of benzene rings is 3. The summed E-state index contributed by atoms with van der Waals surface area (Å²) in [7, 11) is 3.66. The minimum Gasteiger partial charge on any atom is -0.486 e. The molecule has 0 saturated carbocycles. The van der Waals surface area contributed by atoms with Gasteiger partial charge in [0.1, 0.15) is 19.0 Å². The van der Waals surface area contributed by atoms with Gasteiger partial charge in [0.05, 0.1) is 0 Å². The first-order chi connectivity index (χ1) is 16.4. The number of ether oxygens (including phenoxy) is 2. The second-order valence-electron chi connectivity index (χ2n) is 8.43. The highest BCUT2D eigenvalue weighted by Crippen LogP contribution is 2.28. The fourth-order valence-electron chi connectivity index (χ4n) is 3.87. The number of rotatable bonds is 13. The molecule has 0 radical (unpaired) electrons. The topological polar surface area (TPSA) is 38.8 Å². The molecule has 3 rings (SSSR count). The van der Waals surface area contributed by atoms with E-state index in [1.54, 1.807) is 0 Å². The van der Waals surface area contributed by atoms with Gasteiger partial charge in [-0.15, -0.1) is 0 Å². The molecular weight excluding hydrogens is 469 g/mol. The Morgan fingerprint density at radius 3 is 1.94 bits per heavy atom. The van der Waals surface area contributed by atoms with Gasteiger partial charge in [-0.3, -0.25) is 4.79 Å². The van der Waals surface area contributed by atoms with Crippen molar-refractivity contribution in [3.8, 4) is 5.75 Å². The Morgan fingerprint density at radius 1 is 0.853 bits per heavy atom. The van der Waals surface area contributed by atoms with Crippen LogP contribution in [0.4, 0.5) is 0 Å². The second kappa shape index (κ2) is 13.5. The Balaban J connectivity index is 1.52. The summed E-state index contributed by atoms with van der Waals surface area (Å²) in [6.45, 7) is 1.97. The lowest BCUT2D eigenvalue weighted by Gasteiger charge is -2.25. The molecule has 34 heavy (non-hydrogen) atoms. The maximum atomic E-state index is 11.5. The lowest BCUT2D eigenvalue weighted by Crippen LogP contribution is -2.26. The molecule has 0 saturated heterocycles. The van der Waals surface area contributed by atoms with Crippen LogP contribution in [0.1, 0.15) is 29.0 Å². The molecule has 0 aliphatic heterocycles. The van der Waals surface area contributed by atoms with Crippen molar-refractivity contribution in [2.45, 2.75) is 18.8 Å². The van der Waals surface area contributed by atoms with Gasteiger partial charge in [0, 0.05) is 29.6 Å². The predicted molar refractivity (Wildman–Crippen MR) is 139 cm³/mol. The fourth-order valence-corrected chi connectivity index (χ4v) is 4.12. The number of nitrogens with zero attached hydrogens (tertiary/aromatic N) is 1. The van der Waals surface area contributed by atoms with Gasteiger partial charge in [0.15, 0.2) is 5.78 Å². The summed E-state index contributed by atoms with van der Waals surface area (Å²) >= 11 is 12.2. The van der Waals surface area contributed by atoms with Crippen molar-refractivity contribution < 1.29 is 14.3 Å². The minimum absolute atomic E-state index is 0.0282. The normalized spacial score (nSPS) is 11.2. The molecule has 0 N–H and O–H groups in total. The number of aryl methyl sites for hydroxylation is 1. The highest BCUT2D eigenvalue weighted by Gasteiger charge is 2.17. The van der Waals surface area contributed by atoms with Crippen molar-refractivity contribution in [3.63, 3.8) is 0 Å². The third-order valence-corrected chi connectivity index (χ3v) is 6.18. The number of ketones is 1. The number of carbonyl (C=O) groups is 1. The molecule has 0 aliphatic rings. The molecular formula is C28H31Cl2NO3. The molecule has 6 heteroatoms. The zero-order chi connectivity index (χ0) is 24.3. The van der Waals surface area contributed by atoms with Crippen LogP contribution in [-0.4, -0.2) is 51.1 Å². The molecule has 0 atom stereocenters. The summed E-state index contributed by atoms with van der Waals surface area (Å²) in [4.78, 5) is 13.9. The highest BCUT2D eigenvalue weighted by molar-refractivity contribution is 6.30. The van der Waals surface area contributed by atoms with Gasteiger partial charge in [-0.1, -0.05) is 59.6 Å². The van der Waals surface area contributed by atoms with Gasteiger partial charge >= 0.3 is 0 Å². The van der Waals surface area contributed by atoms with E-state index in [1.165, 1.54) is 23.8 Å². The molecule has 3 aromatic carbocycles. The Labute approximate surface area is 212 Å². The summed E-state index contributed by atoms with van der Waals surface area (Å²) in [6.07, 6.45) is 2.01. The number of hydrogen-bond donors (Lipinski definition) is 0. The molecule has 0 aliphatic carbocycles. The number of methoxy groups -OCH3 is 1. The van der Waals surface area contributed by atoms with Crippen molar-refractivity contribution in [3.05, 3.63) is 99.5 Å². The first-order valence-electron chi connectivity index (χ1n) is 11.4. The Hall–Kier alpha value is -2.37. The SMILES string of the molecule is COCC(=O)COc1ccc(CCCN(C)CC(c2ccc(Cl)cc2)c2ccc(Cl)cc2)cc1. The van der Waals surface area contributed by atoms with E-state index < -0.39 is 0 Å². The van der Waals surface area contributed by atoms with E-state index in [9.17, 15) is 4.79 Å². The van der Waals surface area contributed by atoms with Gasteiger partial charge in [-0.05, 0) is 79.5 Å². The molecule has 0 bridgehead atoms. The van der Waals surface area contributed by atoms with Gasteiger partial charge < -0.3 is 14.4 Å². The summed E-state index contributed by atoms with van der Waals surface area (Å²) in [5.74, 6) is 0.848. The molecule has 180 valence electrons. The monoisotopic (exact) mass is 499 g/mol. The van der Waals surface area contributed by atoms with Crippen molar-refractivity contribution >= 4 is 29.0 Å². The fraction of sp³-hybridized carbons (Fsp3) is 0.321. The van der Waals surface area contributed by atoms with Crippen molar-refractivity contribution in [2.75, 3.05) is 40.5 Å². The Bertz CT molecular complexity index is 976. The average Bonchev–Trinajstić information content (AvgIpc) is 2.83. The van der Waals surface area contributed by atoms with Gasteiger partial charge in [0.2, 0.25) is 0 Å². The summed E-state index contributed by atoms with van der Waals surface area (Å²) in [5.41, 5.74) is 3.72. The van der Waals surface area contributed by atoms with Gasteiger partial charge in [-0.25, -0.2) is 0 Å². The van der Waals surface area contributed by atoms with E-state index in [1.807, 2.05) is 36.4 Å². The average molecular weight is 500 g/mol. The molecule has 0 aromatic heterocycles. The minimum atomic E-state index is -0.0786. The third-order valence-electron chi connectivity index (χ3n) is 5.67.